The van der Waals surface area contributed by atoms with Crippen LogP contribution in [0.3, 0.4) is 0 Å². The minimum absolute atomic E-state index is 0.0652. The van der Waals surface area contributed by atoms with E-state index in [2.05, 4.69) is 25.3 Å². The number of carbonyl (C=O) groups is 1. The standard InChI is InChI=1S/C31H34FN9O3/c1-18-11-19(7-10-26(18)43-20-8-9-24-22(12-20)36-17-39(24)5)37-28-27-23(34-16-35-28)13-33-29(38-27)40(6)25-15-41(14-21(25)32)30(42)44-31(2,3)4/h7-13,16-17,21,25H,14-15H2,1-6H3,(H,34,35,37)/t21-,25+/m0/s1. The number of amides is 1. The highest BCUT2D eigenvalue weighted by molar-refractivity contribution is 5.87. The number of carbonyl (C=O) groups excluding carboxylic acids is 1. The highest BCUT2D eigenvalue weighted by atomic mass is 19.1. The summed E-state index contributed by atoms with van der Waals surface area (Å²) in [5, 5.41) is 3.32. The molecule has 1 saturated heterocycles. The fourth-order valence-corrected chi connectivity index (χ4v) is 5.13. The van der Waals surface area contributed by atoms with Gasteiger partial charge in [0.15, 0.2) is 5.82 Å². The van der Waals surface area contributed by atoms with Gasteiger partial charge in [-0.15, -0.1) is 0 Å². The number of imidazole rings is 1. The van der Waals surface area contributed by atoms with Crippen molar-refractivity contribution >= 4 is 45.6 Å². The summed E-state index contributed by atoms with van der Waals surface area (Å²) in [5.74, 6) is 2.17. The van der Waals surface area contributed by atoms with E-state index in [9.17, 15) is 4.79 Å². The smallest absolute Gasteiger partial charge is 0.410 e. The molecule has 44 heavy (non-hydrogen) atoms. The van der Waals surface area contributed by atoms with Crippen LogP contribution in [0.2, 0.25) is 0 Å². The van der Waals surface area contributed by atoms with E-state index in [0.717, 1.165) is 22.3 Å². The summed E-state index contributed by atoms with van der Waals surface area (Å²) in [7, 11) is 3.66. The number of aromatic nitrogens is 6. The van der Waals surface area contributed by atoms with E-state index >= 15 is 4.39 Å². The predicted molar refractivity (Wildman–Crippen MR) is 165 cm³/mol. The molecule has 0 saturated carbocycles. The summed E-state index contributed by atoms with van der Waals surface area (Å²) in [6.45, 7) is 7.38. The number of ether oxygens (including phenoxy) is 2. The summed E-state index contributed by atoms with van der Waals surface area (Å²) < 4.78 is 28.7. The van der Waals surface area contributed by atoms with Crippen LogP contribution in [-0.4, -0.2) is 78.4 Å². The molecule has 13 heteroatoms. The summed E-state index contributed by atoms with van der Waals surface area (Å²) >= 11 is 0. The second-order valence-electron chi connectivity index (χ2n) is 11.9. The maximum Gasteiger partial charge on any atom is 0.410 e. The third kappa shape index (κ3) is 5.90. The van der Waals surface area contributed by atoms with Crippen molar-refractivity contribution in [1.29, 1.82) is 0 Å². The van der Waals surface area contributed by atoms with Crippen LogP contribution < -0.4 is 15.0 Å². The predicted octanol–water partition coefficient (Wildman–Crippen LogP) is 5.54. The molecule has 1 aliphatic rings. The third-order valence-corrected chi connectivity index (χ3v) is 7.41. The van der Waals surface area contributed by atoms with Gasteiger partial charge in [-0.05, 0) is 63.6 Å². The van der Waals surface area contributed by atoms with Crippen LogP contribution in [0.1, 0.15) is 26.3 Å². The summed E-state index contributed by atoms with van der Waals surface area (Å²) in [4.78, 5) is 37.8. The molecule has 12 nitrogen and oxygen atoms in total. The Morgan fingerprint density at radius 3 is 2.66 bits per heavy atom. The van der Waals surface area contributed by atoms with E-state index in [0.29, 0.717) is 34.3 Å². The molecule has 1 amide bonds. The number of nitrogens with zero attached hydrogens (tertiary/aromatic N) is 8. The van der Waals surface area contributed by atoms with Gasteiger partial charge in [0.25, 0.3) is 0 Å². The van der Waals surface area contributed by atoms with Crippen molar-refractivity contribution in [2.45, 2.75) is 45.5 Å². The largest absolute Gasteiger partial charge is 0.457 e. The summed E-state index contributed by atoms with van der Waals surface area (Å²) in [6.07, 6.45) is 2.94. The number of anilines is 3. The average molecular weight is 600 g/mol. The maximum absolute atomic E-state index is 15.1. The van der Waals surface area contributed by atoms with Crippen LogP contribution >= 0.6 is 0 Å². The van der Waals surface area contributed by atoms with Crippen molar-refractivity contribution in [3.05, 3.63) is 60.8 Å². The number of likely N-dealkylation sites (tertiary alicyclic amines) is 1. The van der Waals surface area contributed by atoms with Crippen molar-refractivity contribution in [3.8, 4) is 11.5 Å². The molecule has 2 atom stereocenters. The van der Waals surface area contributed by atoms with Gasteiger partial charge in [-0.3, -0.25) is 0 Å². The molecule has 4 heterocycles. The van der Waals surface area contributed by atoms with Gasteiger partial charge in [0.1, 0.15) is 40.6 Å². The lowest BCUT2D eigenvalue weighted by molar-refractivity contribution is 0.0283. The quantitative estimate of drug-likeness (QED) is 0.266. The topological polar surface area (TPSA) is 123 Å². The number of alkyl halides is 1. The Kier molecular flexibility index (Phi) is 7.39. The first-order valence-electron chi connectivity index (χ1n) is 14.2. The zero-order valence-corrected chi connectivity index (χ0v) is 25.4. The zero-order valence-electron chi connectivity index (χ0n) is 25.4. The van der Waals surface area contributed by atoms with Gasteiger partial charge in [0.05, 0.1) is 36.1 Å². The normalized spacial score (nSPS) is 16.8. The number of rotatable bonds is 6. The molecule has 228 valence electrons. The van der Waals surface area contributed by atoms with Crippen molar-refractivity contribution < 1.29 is 18.7 Å². The molecule has 0 spiro atoms. The van der Waals surface area contributed by atoms with Gasteiger partial charge in [0, 0.05) is 32.4 Å². The van der Waals surface area contributed by atoms with Crippen molar-refractivity contribution in [2.75, 3.05) is 30.4 Å². The molecule has 0 bridgehead atoms. The Morgan fingerprint density at radius 1 is 1.07 bits per heavy atom. The van der Waals surface area contributed by atoms with Crippen LogP contribution in [0.5, 0.6) is 11.5 Å². The van der Waals surface area contributed by atoms with Crippen molar-refractivity contribution in [1.82, 2.24) is 34.4 Å². The molecule has 5 aromatic rings. The summed E-state index contributed by atoms with van der Waals surface area (Å²) in [5.41, 5.74) is 3.91. The molecule has 1 aliphatic heterocycles. The zero-order chi connectivity index (χ0) is 31.2. The molecule has 3 aromatic heterocycles. The van der Waals surface area contributed by atoms with Gasteiger partial charge in [-0.1, -0.05) is 0 Å². The van der Waals surface area contributed by atoms with E-state index in [1.54, 1.807) is 45.2 Å². The number of fused-ring (bicyclic) bond motifs is 2. The van der Waals surface area contributed by atoms with Crippen LogP contribution in [0.4, 0.5) is 26.6 Å². The van der Waals surface area contributed by atoms with Crippen LogP contribution in [0.25, 0.3) is 22.1 Å². The highest BCUT2D eigenvalue weighted by Gasteiger charge is 2.40. The molecular weight excluding hydrogens is 565 g/mol. The molecule has 1 N–H and O–H groups in total. The van der Waals surface area contributed by atoms with E-state index in [4.69, 9.17) is 14.5 Å². The molecule has 0 radical (unpaired) electrons. The molecule has 0 unspecified atom stereocenters. The molecule has 1 fully saturated rings. The summed E-state index contributed by atoms with van der Waals surface area (Å²) in [6, 6.07) is 10.9. The first-order valence-corrected chi connectivity index (χ1v) is 14.2. The SMILES string of the molecule is Cc1cc(Nc2ncnc3cnc(N(C)[C@@H]4CN(C(=O)OC(C)(C)C)C[C@@H]4F)nc23)ccc1Oc1ccc2c(c1)ncn2C. The molecule has 6 rings (SSSR count). The van der Waals surface area contributed by atoms with E-state index in [-0.39, 0.29) is 13.1 Å². The maximum atomic E-state index is 15.1. The number of benzene rings is 2. The Labute approximate surface area is 253 Å². The van der Waals surface area contributed by atoms with Gasteiger partial charge in [-0.25, -0.2) is 34.1 Å². The first-order chi connectivity index (χ1) is 20.9. The van der Waals surface area contributed by atoms with E-state index in [1.807, 2.05) is 54.9 Å². The lowest BCUT2D eigenvalue weighted by Crippen LogP contribution is -2.41. The number of halogens is 1. The number of likely N-dealkylation sites (N-methyl/N-ethyl adjacent to an activating group) is 1. The first kappa shape index (κ1) is 29.0. The monoisotopic (exact) mass is 599 g/mol. The van der Waals surface area contributed by atoms with Crippen LogP contribution in [-0.2, 0) is 11.8 Å². The fourth-order valence-electron chi connectivity index (χ4n) is 5.13. The van der Waals surface area contributed by atoms with E-state index < -0.39 is 23.9 Å². The number of nitrogens with one attached hydrogen (secondary N) is 1. The fraction of sp³-hybridized carbons (Fsp3) is 0.355. The number of aryl methyl sites for hydroxylation is 2. The lowest BCUT2D eigenvalue weighted by Gasteiger charge is -2.27. The Morgan fingerprint density at radius 2 is 1.89 bits per heavy atom. The van der Waals surface area contributed by atoms with Crippen molar-refractivity contribution in [3.63, 3.8) is 0 Å². The van der Waals surface area contributed by atoms with Crippen LogP contribution in [0.15, 0.2) is 55.2 Å². The average Bonchev–Trinajstić information content (AvgIpc) is 3.55. The van der Waals surface area contributed by atoms with Gasteiger partial charge in [0.2, 0.25) is 5.95 Å². The molecular formula is C31H34FN9O3. The Balaban J connectivity index is 1.19. The third-order valence-electron chi connectivity index (χ3n) is 7.41. The second-order valence-corrected chi connectivity index (χ2v) is 11.9. The van der Waals surface area contributed by atoms with Gasteiger partial charge in [-0.2, -0.15) is 0 Å². The van der Waals surface area contributed by atoms with Crippen LogP contribution in [0, 0.1) is 6.92 Å². The Hall–Kier alpha value is -5.07. The Bertz CT molecular complexity index is 1860. The lowest BCUT2D eigenvalue weighted by atomic mass is 10.2. The molecule has 2 aromatic carbocycles. The minimum atomic E-state index is -1.30. The number of hydrogen-bond acceptors (Lipinski definition) is 10. The van der Waals surface area contributed by atoms with E-state index in [1.165, 1.54) is 11.2 Å². The minimum Gasteiger partial charge on any atom is -0.457 e. The number of hydrogen-bond donors (Lipinski definition) is 1. The van der Waals surface area contributed by atoms with Gasteiger partial charge < -0.3 is 29.2 Å². The van der Waals surface area contributed by atoms with Crippen molar-refractivity contribution in [2.24, 2.45) is 7.05 Å². The molecule has 0 aliphatic carbocycles. The highest BCUT2D eigenvalue weighted by Crippen LogP contribution is 2.31. The van der Waals surface area contributed by atoms with Gasteiger partial charge >= 0.3 is 6.09 Å². The second kappa shape index (κ2) is 11.2.